The molecule has 0 fully saturated rings. The molecule has 1 nitrogen and oxygen atoms in total. The van der Waals surface area contributed by atoms with Gasteiger partial charge in [0.15, 0.2) is 0 Å². The van der Waals surface area contributed by atoms with E-state index < -0.39 is 0 Å². The van der Waals surface area contributed by atoms with Gasteiger partial charge in [0.05, 0.1) is 11.1 Å². The lowest BCUT2D eigenvalue weighted by Gasteiger charge is -2.08. The fraction of sp³-hybridized carbons (Fsp3) is 0.500. The number of hydrogen-bond donors (Lipinski definition) is 0. The van der Waals surface area contributed by atoms with Crippen molar-refractivity contribution in [3.63, 3.8) is 0 Å². The summed E-state index contributed by atoms with van der Waals surface area (Å²) in [7, 11) is 0. The molecule has 0 bridgehead atoms. The lowest BCUT2D eigenvalue weighted by molar-refractivity contribution is 0.296. The van der Waals surface area contributed by atoms with E-state index in [1.54, 1.807) is 0 Å². The second-order valence-corrected chi connectivity index (χ2v) is 4.67. The first-order valence-electron chi connectivity index (χ1n) is 5.07. The van der Waals surface area contributed by atoms with E-state index in [0.717, 1.165) is 29.2 Å². The fourth-order valence-electron chi connectivity index (χ4n) is 1.24. The molecular formula is C12H17BrO. The molecular weight excluding hydrogens is 240 g/mol. The molecule has 1 aromatic rings. The van der Waals surface area contributed by atoms with Gasteiger partial charge in [-0.05, 0) is 46.8 Å². The zero-order valence-corrected chi connectivity index (χ0v) is 10.4. The Morgan fingerprint density at radius 3 is 2.64 bits per heavy atom. The van der Waals surface area contributed by atoms with E-state index in [1.807, 2.05) is 24.3 Å². The first kappa shape index (κ1) is 11.6. The third-order valence-corrected chi connectivity index (χ3v) is 2.68. The monoisotopic (exact) mass is 256 g/mol. The van der Waals surface area contributed by atoms with E-state index in [2.05, 4.69) is 29.8 Å². The van der Waals surface area contributed by atoms with Crippen LogP contribution in [-0.2, 0) is 0 Å². The Hall–Kier alpha value is -0.500. The maximum atomic E-state index is 5.64. The van der Waals surface area contributed by atoms with Crippen LogP contribution in [0.2, 0.25) is 0 Å². The summed E-state index contributed by atoms with van der Waals surface area (Å²) in [6.45, 7) is 5.28. The molecule has 0 amide bonds. The third-order valence-electron chi connectivity index (χ3n) is 2.02. The molecule has 0 unspecified atom stereocenters. The highest BCUT2D eigenvalue weighted by Gasteiger charge is 1.99. The Morgan fingerprint density at radius 2 is 2.00 bits per heavy atom. The number of hydrogen-bond acceptors (Lipinski definition) is 1. The summed E-state index contributed by atoms with van der Waals surface area (Å²) in [6, 6.07) is 7.96. The predicted molar refractivity (Wildman–Crippen MR) is 63.7 cm³/mol. The van der Waals surface area contributed by atoms with Gasteiger partial charge in [0.2, 0.25) is 0 Å². The van der Waals surface area contributed by atoms with Gasteiger partial charge in [-0.3, -0.25) is 0 Å². The fourth-order valence-corrected chi connectivity index (χ4v) is 1.63. The minimum absolute atomic E-state index is 0.762. The highest BCUT2D eigenvalue weighted by atomic mass is 79.9. The molecule has 0 atom stereocenters. The van der Waals surface area contributed by atoms with Crippen molar-refractivity contribution in [3.8, 4) is 5.75 Å². The van der Waals surface area contributed by atoms with Gasteiger partial charge < -0.3 is 4.74 Å². The summed E-state index contributed by atoms with van der Waals surface area (Å²) >= 11 is 3.45. The molecule has 78 valence electrons. The molecule has 0 spiro atoms. The zero-order chi connectivity index (χ0) is 10.4. The van der Waals surface area contributed by atoms with Crippen molar-refractivity contribution in [1.82, 2.24) is 0 Å². The van der Waals surface area contributed by atoms with E-state index in [-0.39, 0.29) is 0 Å². The first-order chi connectivity index (χ1) is 6.70. The Morgan fingerprint density at radius 1 is 1.29 bits per heavy atom. The molecule has 2 heteroatoms. The number of halogens is 1. The van der Waals surface area contributed by atoms with Crippen molar-refractivity contribution in [2.75, 3.05) is 6.61 Å². The average Bonchev–Trinajstić information content (AvgIpc) is 2.15. The van der Waals surface area contributed by atoms with Crippen LogP contribution in [0.1, 0.15) is 26.7 Å². The maximum Gasteiger partial charge on any atom is 0.133 e. The van der Waals surface area contributed by atoms with E-state index in [4.69, 9.17) is 4.74 Å². The van der Waals surface area contributed by atoms with Gasteiger partial charge in [0, 0.05) is 0 Å². The summed E-state index contributed by atoms with van der Waals surface area (Å²) in [4.78, 5) is 0. The van der Waals surface area contributed by atoms with E-state index in [9.17, 15) is 0 Å². The summed E-state index contributed by atoms with van der Waals surface area (Å²) in [5, 5.41) is 0. The quantitative estimate of drug-likeness (QED) is 0.716. The van der Waals surface area contributed by atoms with Gasteiger partial charge >= 0.3 is 0 Å². The van der Waals surface area contributed by atoms with Crippen molar-refractivity contribution < 1.29 is 4.74 Å². The maximum absolute atomic E-state index is 5.64. The molecule has 0 aliphatic heterocycles. The van der Waals surface area contributed by atoms with Gasteiger partial charge in [-0.15, -0.1) is 0 Å². The lowest BCUT2D eigenvalue weighted by atomic mass is 10.1. The van der Waals surface area contributed by atoms with Crippen molar-refractivity contribution >= 4 is 15.9 Å². The van der Waals surface area contributed by atoms with Crippen LogP contribution >= 0.6 is 15.9 Å². The summed E-state index contributed by atoms with van der Waals surface area (Å²) in [5.41, 5.74) is 0. The van der Waals surface area contributed by atoms with E-state index in [1.165, 1.54) is 6.42 Å². The molecule has 1 rings (SSSR count). The Labute approximate surface area is 94.6 Å². The number of benzene rings is 1. The van der Waals surface area contributed by atoms with Gasteiger partial charge in [0.25, 0.3) is 0 Å². The van der Waals surface area contributed by atoms with Crippen molar-refractivity contribution in [3.05, 3.63) is 28.7 Å². The van der Waals surface area contributed by atoms with Crippen LogP contribution in [0.15, 0.2) is 28.7 Å². The average molecular weight is 257 g/mol. The topological polar surface area (TPSA) is 9.23 Å². The largest absolute Gasteiger partial charge is 0.492 e. The van der Waals surface area contributed by atoms with Crippen LogP contribution in [0.25, 0.3) is 0 Å². The molecule has 1 aromatic carbocycles. The Balaban J connectivity index is 2.28. The van der Waals surface area contributed by atoms with Gasteiger partial charge in [-0.1, -0.05) is 26.0 Å². The smallest absolute Gasteiger partial charge is 0.133 e. The molecule has 0 N–H and O–H groups in total. The summed E-state index contributed by atoms with van der Waals surface area (Å²) in [6.07, 6.45) is 2.35. The van der Waals surface area contributed by atoms with Crippen LogP contribution in [0.4, 0.5) is 0 Å². The van der Waals surface area contributed by atoms with Crippen molar-refractivity contribution in [2.45, 2.75) is 26.7 Å². The van der Waals surface area contributed by atoms with Crippen LogP contribution in [0.5, 0.6) is 5.75 Å². The second kappa shape index (κ2) is 6.07. The molecule has 0 heterocycles. The number of rotatable bonds is 5. The minimum atomic E-state index is 0.762. The predicted octanol–water partition coefficient (Wildman–Crippen LogP) is 4.26. The molecule has 0 aliphatic rings. The molecule has 0 aromatic heterocycles. The summed E-state index contributed by atoms with van der Waals surface area (Å²) in [5.74, 6) is 1.70. The number of para-hydroxylation sites is 1. The molecule has 0 saturated carbocycles. The zero-order valence-electron chi connectivity index (χ0n) is 8.79. The van der Waals surface area contributed by atoms with Crippen molar-refractivity contribution in [2.24, 2.45) is 5.92 Å². The molecule has 14 heavy (non-hydrogen) atoms. The van der Waals surface area contributed by atoms with Gasteiger partial charge in [0.1, 0.15) is 5.75 Å². The highest BCUT2D eigenvalue weighted by molar-refractivity contribution is 9.10. The Bertz CT molecular complexity index is 271. The summed E-state index contributed by atoms with van der Waals surface area (Å²) < 4.78 is 6.67. The van der Waals surface area contributed by atoms with Crippen LogP contribution in [-0.4, -0.2) is 6.61 Å². The minimum Gasteiger partial charge on any atom is -0.492 e. The normalized spacial score (nSPS) is 10.6. The lowest BCUT2D eigenvalue weighted by Crippen LogP contribution is -1.99. The first-order valence-corrected chi connectivity index (χ1v) is 5.87. The Kier molecular flexibility index (Phi) is 5.02. The molecule has 0 saturated heterocycles. The highest BCUT2D eigenvalue weighted by Crippen LogP contribution is 2.23. The van der Waals surface area contributed by atoms with Gasteiger partial charge in [-0.2, -0.15) is 0 Å². The van der Waals surface area contributed by atoms with Crippen LogP contribution < -0.4 is 4.74 Å². The number of ether oxygens (including phenoxy) is 1. The van der Waals surface area contributed by atoms with E-state index in [0.29, 0.717) is 0 Å². The molecule has 0 aliphatic carbocycles. The van der Waals surface area contributed by atoms with Crippen LogP contribution in [0, 0.1) is 5.92 Å². The SMILES string of the molecule is CC(C)CCCOc1ccccc1Br. The molecule has 0 radical (unpaired) electrons. The second-order valence-electron chi connectivity index (χ2n) is 3.81. The van der Waals surface area contributed by atoms with Crippen LogP contribution in [0.3, 0.4) is 0 Å². The van der Waals surface area contributed by atoms with Crippen molar-refractivity contribution in [1.29, 1.82) is 0 Å². The third kappa shape index (κ3) is 4.14. The standard InChI is InChI=1S/C12H17BrO/c1-10(2)6-5-9-14-12-8-4-3-7-11(12)13/h3-4,7-8,10H,5-6,9H2,1-2H3. The van der Waals surface area contributed by atoms with Gasteiger partial charge in [-0.25, -0.2) is 0 Å². The van der Waals surface area contributed by atoms with E-state index >= 15 is 0 Å².